The van der Waals surface area contributed by atoms with Crippen molar-refractivity contribution in [2.75, 3.05) is 13.1 Å². The molecule has 1 heterocycles. The van der Waals surface area contributed by atoms with E-state index in [9.17, 15) is 9.59 Å². The van der Waals surface area contributed by atoms with Crippen molar-refractivity contribution in [3.8, 4) is 0 Å². The molecule has 1 N–H and O–H groups in total. The average molecular weight is 252 g/mol. The summed E-state index contributed by atoms with van der Waals surface area (Å²) in [5.74, 6) is 1.23. The highest BCUT2D eigenvalue weighted by Gasteiger charge is 2.32. The molecule has 18 heavy (non-hydrogen) atoms. The second-order valence-corrected chi connectivity index (χ2v) is 6.08. The minimum absolute atomic E-state index is 0.0186. The van der Waals surface area contributed by atoms with Crippen LogP contribution in [0.1, 0.15) is 46.0 Å². The normalized spacial score (nSPS) is 25.9. The minimum atomic E-state index is -0.305. The Morgan fingerprint density at radius 2 is 2.06 bits per heavy atom. The number of hydrogen-bond donors (Lipinski definition) is 1. The highest BCUT2D eigenvalue weighted by atomic mass is 16.2. The highest BCUT2D eigenvalue weighted by molar-refractivity contribution is 5.89. The lowest BCUT2D eigenvalue weighted by Gasteiger charge is -2.33. The summed E-state index contributed by atoms with van der Waals surface area (Å²) in [5, 5.41) is 2.87. The molecule has 4 nitrogen and oxygen atoms in total. The number of nitrogens with one attached hydrogen (secondary N) is 1. The van der Waals surface area contributed by atoms with Crippen molar-refractivity contribution >= 4 is 11.8 Å². The second-order valence-electron chi connectivity index (χ2n) is 6.08. The largest absolute Gasteiger partial charge is 0.344 e. The van der Waals surface area contributed by atoms with Gasteiger partial charge in [-0.05, 0) is 31.1 Å². The molecular formula is C14H24N2O2. The van der Waals surface area contributed by atoms with Gasteiger partial charge >= 0.3 is 0 Å². The van der Waals surface area contributed by atoms with Crippen LogP contribution in [0.5, 0.6) is 0 Å². The van der Waals surface area contributed by atoms with E-state index in [2.05, 4.69) is 19.2 Å². The zero-order valence-electron chi connectivity index (χ0n) is 11.4. The maximum Gasteiger partial charge on any atom is 0.245 e. The van der Waals surface area contributed by atoms with Crippen molar-refractivity contribution in [2.24, 2.45) is 11.8 Å². The summed E-state index contributed by atoms with van der Waals surface area (Å²) in [6, 6.07) is -0.305. The van der Waals surface area contributed by atoms with Crippen molar-refractivity contribution in [3.63, 3.8) is 0 Å². The number of hydrogen-bond acceptors (Lipinski definition) is 2. The lowest BCUT2D eigenvalue weighted by Crippen LogP contribution is -2.47. The van der Waals surface area contributed by atoms with Gasteiger partial charge in [-0.25, -0.2) is 0 Å². The summed E-state index contributed by atoms with van der Waals surface area (Å²) in [4.78, 5) is 26.0. The van der Waals surface area contributed by atoms with Gasteiger partial charge in [0.1, 0.15) is 6.04 Å². The van der Waals surface area contributed by atoms with Gasteiger partial charge in [0.25, 0.3) is 0 Å². The first kappa shape index (κ1) is 13.4. The third-order valence-corrected chi connectivity index (χ3v) is 3.96. The summed E-state index contributed by atoms with van der Waals surface area (Å²) in [5.41, 5.74) is 0. The van der Waals surface area contributed by atoms with Crippen LogP contribution in [-0.4, -0.2) is 35.8 Å². The molecule has 0 radical (unpaired) electrons. The zero-order chi connectivity index (χ0) is 13.1. The van der Waals surface area contributed by atoms with Crippen molar-refractivity contribution in [1.29, 1.82) is 0 Å². The van der Waals surface area contributed by atoms with Gasteiger partial charge in [-0.3, -0.25) is 9.59 Å². The molecule has 0 spiro atoms. The topological polar surface area (TPSA) is 49.4 Å². The van der Waals surface area contributed by atoms with Crippen molar-refractivity contribution < 1.29 is 9.59 Å². The highest BCUT2D eigenvalue weighted by Crippen LogP contribution is 2.27. The molecule has 1 aliphatic heterocycles. The fourth-order valence-electron chi connectivity index (χ4n) is 2.69. The summed E-state index contributed by atoms with van der Waals surface area (Å²) >= 11 is 0. The molecule has 0 bridgehead atoms. The molecule has 2 rings (SSSR count). The monoisotopic (exact) mass is 252 g/mol. The van der Waals surface area contributed by atoms with Crippen LogP contribution < -0.4 is 5.32 Å². The number of nitrogens with zero attached hydrogens (tertiary/aromatic N) is 1. The molecule has 1 saturated carbocycles. The Hall–Kier alpha value is -1.06. The van der Waals surface area contributed by atoms with E-state index in [0.29, 0.717) is 24.8 Å². The molecular weight excluding hydrogens is 228 g/mol. The molecule has 102 valence electrons. The zero-order valence-corrected chi connectivity index (χ0v) is 11.4. The number of carbonyl (C=O) groups is 2. The van der Waals surface area contributed by atoms with E-state index in [1.807, 2.05) is 4.90 Å². The summed E-state index contributed by atoms with van der Waals surface area (Å²) in [6.07, 6.45) is 4.96. The molecule has 0 aromatic rings. The van der Waals surface area contributed by atoms with Crippen LogP contribution in [0.3, 0.4) is 0 Å². The first-order valence-corrected chi connectivity index (χ1v) is 7.14. The summed E-state index contributed by atoms with van der Waals surface area (Å²) in [6.45, 7) is 5.61. The average Bonchev–Trinajstić information content (AvgIpc) is 2.35. The Balaban J connectivity index is 1.99. The van der Waals surface area contributed by atoms with Crippen LogP contribution in [0.25, 0.3) is 0 Å². The fourth-order valence-corrected chi connectivity index (χ4v) is 2.69. The van der Waals surface area contributed by atoms with E-state index < -0.39 is 0 Å². The van der Waals surface area contributed by atoms with Gasteiger partial charge in [0.15, 0.2) is 0 Å². The predicted octanol–water partition coefficient (Wildman–Crippen LogP) is 1.55. The molecule has 1 saturated heterocycles. The molecule has 0 aromatic heterocycles. The molecule has 2 amide bonds. The van der Waals surface area contributed by atoms with Gasteiger partial charge in [-0.1, -0.05) is 20.3 Å². The van der Waals surface area contributed by atoms with Gasteiger partial charge in [-0.15, -0.1) is 0 Å². The summed E-state index contributed by atoms with van der Waals surface area (Å²) < 4.78 is 0. The van der Waals surface area contributed by atoms with E-state index >= 15 is 0 Å². The van der Waals surface area contributed by atoms with Crippen molar-refractivity contribution in [3.05, 3.63) is 0 Å². The number of amides is 2. The quantitative estimate of drug-likeness (QED) is 0.825. The van der Waals surface area contributed by atoms with Gasteiger partial charge in [0.05, 0.1) is 0 Å². The molecule has 0 aromatic carbocycles. The Morgan fingerprint density at radius 3 is 2.61 bits per heavy atom. The SMILES string of the molecule is CC(C)CC1NC(=O)CCN(CC2CCC2)C1=O. The second kappa shape index (κ2) is 5.72. The molecule has 2 aliphatic rings. The smallest absolute Gasteiger partial charge is 0.245 e. The van der Waals surface area contributed by atoms with E-state index in [-0.39, 0.29) is 17.9 Å². The van der Waals surface area contributed by atoms with E-state index in [1.165, 1.54) is 19.3 Å². The van der Waals surface area contributed by atoms with Crippen LogP contribution in [0, 0.1) is 11.8 Å². The third-order valence-electron chi connectivity index (χ3n) is 3.96. The van der Waals surface area contributed by atoms with Gasteiger partial charge < -0.3 is 10.2 Å². The molecule has 1 atom stereocenters. The van der Waals surface area contributed by atoms with Crippen molar-refractivity contribution in [2.45, 2.75) is 52.0 Å². The van der Waals surface area contributed by atoms with Crippen LogP contribution >= 0.6 is 0 Å². The van der Waals surface area contributed by atoms with Gasteiger partial charge in [0, 0.05) is 19.5 Å². The lowest BCUT2D eigenvalue weighted by molar-refractivity contribution is -0.134. The molecule has 1 aliphatic carbocycles. The predicted molar refractivity (Wildman–Crippen MR) is 69.9 cm³/mol. The first-order chi connectivity index (χ1) is 8.56. The van der Waals surface area contributed by atoms with Crippen LogP contribution in [-0.2, 0) is 9.59 Å². The Bertz CT molecular complexity index is 324. The third kappa shape index (κ3) is 3.24. The van der Waals surface area contributed by atoms with Crippen LogP contribution in [0.4, 0.5) is 0 Å². The van der Waals surface area contributed by atoms with Crippen molar-refractivity contribution in [1.82, 2.24) is 10.2 Å². The lowest BCUT2D eigenvalue weighted by atomic mass is 9.85. The maximum atomic E-state index is 12.4. The van der Waals surface area contributed by atoms with E-state index in [4.69, 9.17) is 0 Å². The molecule has 2 fully saturated rings. The Kier molecular flexibility index (Phi) is 4.25. The maximum absolute atomic E-state index is 12.4. The fraction of sp³-hybridized carbons (Fsp3) is 0.857. The summed E-state index contributed by atoms with van der Waals surface area (Å²) in [7, 11) is 0. The Labute approximate surface area is 109 Å². The van der Waals surface area contributed by atoms with Gasteiger partial charge in [0.2, 0.25) is 11.8 Å². The number of rotatable bonds is 4. The van der Waals surface area contributed by atoms with E-state index in [0.717, 1.165) is 13.0 Å². The molecule has 4 heteroatoms. The first-order valence-electron chi connectivity index (χ1n) is 7.14. The Morgan fingerprint density at radius 1 is 1.33 bits per heavy atom. The van der Waals surface area contributed by atoms with Crippen LogP contribution in [0.2, 0.25) is 0 Å². The standard InChI is InChI=1S/C14H24N2O2/c1-10(2)8-12-14(18)16(7-6-13(17)15-12)9-11-4-3-5-11/h10-12H,3-9H2,1-2H3,(H,15,17). The molecule has 1 unspecified atom stereocenters. The minimum Gasteiger partial charge on any atom is -0.344 e. The van der Waals surface area contributed by atoms with Crippen LogP contribution in [0.15, 0.2) is 0 Å². The van der Waals surface area contributed by atoms with E-state index in [1.54, 1.807) is 0 Å². The van der Waals surface area contributed by atoms with Gasteiger partial charge in [-0.2, -0.15) is 0 Å². The number of carbonyl (C=O) groups excluding carboxylic acids is 2.